The highest BCUT2D eigenvalue weighted by atomic mass is 35.5. The van der Waals surface area contributed by atoms with E-state index in [2.05, 4.69) is 5.32 Å². The van der Waals surface area contributed by atoms with Crippen molar-refractivity contribution in [2.24, 2.45) is 0 Å². The number of anilines is 1. The monoisotopic (exact) mass is 622 g/mol. The van der Waals surface area contributed by atoms with Gasteiger partial charge in [-0.05, 0) is 36.2 Å². The van der Waals surface area contributed by atoms with E-state index in [1.165, 1.54) is 37.2 Å². The Morgan fingerprint density at radius 3 is 2.12 bits per heavy atom. The predicted molar refractivity (Wildman–Crippen MR) is 161 cm³/mol. The highest BCUT2D eigenvalue weighted by Crippen LogP contribution is 2.28. The SMILES string of the molecule is CCCNC(=O)[C@@H](Cc1ccccc1)N(Cc1c(Cl)cccc1Cl)C(=O)CN(c1ccccc1F)S(=O)(=O)N(C)C. The molecule has 3 rings (SSSR count). The van der Waals surface area contributed by atoms with Crippen LogP contribution in [0.4, 0.5) is 10.1 Å². The van der Waals surface area contributed by atoms with E-state index in [-0.39, 0.29) is 28.7 Å². The van der Waals surface area contributed by atoms with Crippen LogP contribution >= 0.6 is 23.2 Å². The Labute approximate surface area is 250 Å². The van der Waals surface area contributed by atoms with E-state index in [0.717, 1.165) is 15.9 Å². The molecule has 0 aliphatic heterocycles. The number of halogens is 3. The molecule has 0 aromatic heterocycles. The van der Waals surface area contributed by atoms with Gasteiger partial charge in [0.05, 0.1) is 5.69 Å². The Balaban J connectivity index is 2.14. The minimum absolute atomic E-state index is 0.129. The van der Waals surface area contributed by atoms with E-state index in [9.17, 15) is 22.4 Å². The molecule has 0 radical (unpaired) electrons. The Kier molecular flexibility index (Phi) is 11.5. The number of carbonyl (C=O) groups is 2. The van der Waals surface area contributed by atoms with Crippen molar-refractivity contribution in [2.45, 2.75) is 32.4 Å². The summed E-state index contributed by atoms with van der Waals surface area (Å²) in [6.45, 7) is 1.30. The van der Waals surface area contributed by atoms with Crippen molar-refractivity contribution in [3.63, 3.8) is 0 Å². The maximum atomic E-state index is 14.9. The summed E-state index contributed by atoms with van der Waals surface area (Å²) < 4.78 is 43.2. The normalized spacial score (nSPS) is 12.2. The van der Waals surface area contributed by atoms with Crippen molar-refractivity contribution in [1.82, 2.24) is 14.5 Å². The molecule has 0 spiro atoms. The number of para-hydroxylation sites is 1. The number of hydrogen-bond acceptors (Lipinski definition) is 4. The van der Waals surface area contributed by atoms with Crippen LogP contribution in [-0.4, -0.2) is 62.7 Å². The predicted octanol–water partition coefficient (Wildman–Crippen LogP) is 4.91. The van der Waals surface area contributed by atoms with Crippen molar-refractivity contribution in [2.75, 3.05) is 31.5 Å². The van der Waals surface area contributed by atoms with Crippen LogP contribution in [0.2, 0.25) is 10.0 Å². The van der Waals surface area contributed by atoms with Crippen LogP contribution in [0.15, 0.2) is 72.8 Å². The molecule has 0 aliphatic rings. The first-order valence-corrected chi connectivity index (χ1v) is 15.1. The Morgan fingerprint density at radius 1 is 0.927 bits per heavy atom. The van der Waals surface area contributed by atoms with Crippen LogP contribution in [0.25, 0.3) is 0 Å². The molecule has 0 fully saturated rings. The van der Waals surface area contributed by atoms with Gasteiger partial charge in [-0.25, -0.2) is 8.70 Å². The number of hydrogen-bond donors (Lipinski definition) is 1. The van der Waals surface area contributed by atoms with E-state index in [1.54, 1.807) is 18.2 Å². The molecule has 1 atom stereocenters. The van der Waals surface area contributed by atoms with Gasteiger partial charge in [-0.1, -0.05) is 78.7 Å². The van der Waals surface area contributed by atoms with Crippen molar-refractivity contribution in [3.8, 4) is 0 Å². The zero-order valence-corrected chi connectivity index (χ0v) is 25.4. The first-order valence-electron chi connectivity index (χ1n) is 13.0. The maximum absolute atomic E-state index is 14.9. The van der Waals surface area contributed by atoms with Crippen molar-refractivity contribution in [1.29, 1.82) is 0 Å². The van der Waals surface area contributed by atoms with E-state index in [1.807, 2.05) is 37.3 Å². The molecule has 0 heterocycles. The summed E-state index contributed by atoms with van der Waals surface area (Å²) in [5.74, 6) is -2.00. The number of nitrogens with one attached hydrogen (secondary N) is 1. The number of nitrogens with zero attached hydrogens (tertiary/aromatic N) is 3. The highest BCUT2D eigenvalue weighted by Gasteiger charge is 2.36. The molecule has 1 N–H and O–H groups in total. The summed E-state index contributed by atoms with van der Waals surface area (Å²) in [6.07, 6.45) is 0.792. The number of benzene rings is 3. The fourth-order valence-electron chi connectivity index (χ4n) is 4.13. The molecule has 220 valence electrons. The van der Waals surface area contributed by atoms with Gasteiger partial charge in [0.1, 0.15) is 18.4 Å². The highest BCUT2D eigenvalue weighted by molar-refractivity contribution is 7.90. The summed E-state index contributed by atoms with van der Waals surface area (Å²) in [7, 11) is -1.76. The molecule has 0 bridgehead atoms. The average molecular weight is 624 g/mol. The van der Waals surface area contributed by atoms with Gasteiger partial charge >= 0.3 is 10.2 Å². The lowest BCUT2D eigenvalue weighted by molar-refractivity contribution is -0.140. The third-order valence-electron chi connectivity index (χ3n) is 6.35. The van der Waals surface area contributed by atoms with Crippen LogP contribution in [0, 0.1) is 5.82 Å². The topological polar surface area (TPSA) is 90.0 Å². The van der Waals surface area contributed by atoms with E-state index < -0.39 is 40.4 Å². The second-order valence-electron chi connectivity index (χ2n) is 9.47. The number of amides is 2. The average Bonchev–Trinajstić information content (AvgIpc) is 2.94. The second kappa shape index (κ2) is 14.6. The third-order valence-corrected chi connectivity index (χ3v) is 8.86. The van der Waals surface area contributed by atoms with Gasteiger partial charge in [0, 0.05) is 49.2 Å². The Bertz CT molecular complexity index is 1440. The molecule has 12 heteroatoms. The van der Waals surface area contributed by atoms with Crippen molar-refractivity contribution < 1.29 is 22.4 Å². The number of rotatable bonds is 13. The summed E-state index contributed by atoms with van der Waals surface area (Å²) in [5, 5.41) is 3.39. The summed E-state index contributed by atoms with van der Waals surface area (Å²) in [6, 6.07) is 18.2. The van der Waals surface area contributed by atoms with E-state index in [0.29, 0.717) is 22.8 Å². The molecule has 3 aromatic rings. The minimum Gasteiger partial charge on any atom is -0.354 e. The van der Waals surface area contributed by atoms with Gasteiger partial charge in [0.15, 0.2) is 0 Å². The van der Waals surface area contributed by atoms with Crippen LogP contribution < -0.4 is 9.62 Å². The first kappa shape index (κ1) is 32.3. The van der Waals surface area contributed by atoms with Gasteiger partial charge < -0.3 is 10.2 Å². The van der Waals surface area contributed by atoms with Crippen LogP contribution in [0.3, 0.4) is 0 Å². The summed E-state index contributed by atoms with van der Waals surface area (Å²) >= 11 is 12.9. The zero-order chi connectivity index (χ0) is 30.2. The summed E-state index contributed by atoms with van der Waals surface area (Å²) in [5.41, 5.74) is 0.859. The Hall–Kier alpha value is -3.18. The first-order chi connectivity index (χ1) is 19.5. The molecule has 0 aliphatic carbocycles. The molecule has 3 aromatic carbocycles. The Morgan fingerprint density at radius 2 is 1.54 bits per heavy atom. The number of carbonyl (C=O) groups excluding carboxylic acids is 2. The molecular formula is C29H33Cl2FN4O4S. The molecule has 0 unspecified atom stereocenters. The lowest BCUT2D eigenvalue weighted by Gasteiger charge is -2.34. The fourth-order valence-corrected chi connectivity index (χ4v) is 5.71. The van der Waals surface area contributed by atoms with Crippen LogP contribution in [0.5, 0.6) is 0 Å². The van der Waals surface area contributed by atoms with Crippen LogP contribution in [-0.2, 0) is 32.8 Å². The lowest BCUT2D eigenvalue weighted by Crippen LogP contribution is -2.54. The molecule has 2 amide bonds. The molecular weight excluding hydrogens is 590 g/mol. The standard InChI is InChI=1S/C29H33Cl2FN4O4S/c1-4-17-33-29(38)27(18-21-11-6-5-7-12-21)35(19-22-23(30)13-10-14-24(22)31)28(37)20-36(41(39,40)34(2)3)26-16-9-8-15-25(26)32/h5-16,27H,4,17-20H2,1-3H3,(H,33,38)/t27-/m1/s1. The van der Waals surface area contributed by atoms with Crippen LogP contribution in [0.1, 0.15) is 24.5 Å². The third kappa shape index (κ3) is 8.19. The van der Waals surface area contributed by atoms with Gasteiger partial charge in [-0.3, -0.25) is 9.59 Å². The largest absolute Gasteiger partial charge is 0.354 e. The van der Waals surface area contributed by atoms with E-state index >= 15 is 0 Å². The van der Waals surface area contributed by atoms with Crippen molar-refractivity contribution >= 4 is 50.9 Å². The quantitative estimate of drug-likeness (QED) is 0.293. The van der Waals surface area contributed by atoms with Gasteiger partial charge in [-0.2, -0.15) is 12.7 Å². The lowest BCUT2D eigenvalue weighted by atomic mass is 10.0. The fraction of sp³-hybridized carbons (Fsp3) is 0.310. The minimum atomic E-state index is -4.32. The van der Waals surface area contributed by atoms with E-state index in [4.69, 9.17) is 23.2 Å². The van der Waals surface area contributed by atoms with Crippen molar-refractivity contribution in [3.05, 3.63) is 99.8 Å². The zero-order valence-electron chi connectivity index (χ0n) is 23.1. The van der Waals surface area contributed by atoms with Gasteiger partial charge in [0.2, 0.25) is 11.8 Å². The maximum Gasteiger partial charge on any atom is 0.304 e. The molecule has 8 nitrogen and oxygen atoms in total. The molecule has 41 heavy (non-hydrogen) atoms. The summed E-state index contributed by atoms with van der Waals surface area (Å²) in [4.78, 5) is 29.0. The molecule has 0 saturated carbocycles. The smallest absolute Gasteiger partial charge is 0.304 e. The van der Waals surface area contributed by atoms with Gasteiger partial charge in [0.25, 0.3) is 0 Å². The second-order valence-corrected chi connectivity index (χ2v) is 12.3. The molecule has 0 saturated heterocycles. The van der Waals surface area contributed by atoms with Gasteiger partial charge in [-0.15, -0.1) is 0 Å².